The summed E-state index contributed by atoms with van der Waals surface area (Å²) in [6, 6.07) is 5.46. The second-order valence-electron chi connectivity index (χ2n) is 8.86. The highest BCUT2D eigenvalue weighted by Crippen LogP contribution is 2.27. The zero-order valence-electron chi connectivity index (χ0n) is 19.6. The predicted molar refractivity (Wildman–Crippen MR) is 127 cm³/mol. The smallest absolute Gasteiger partial charge is 0.328 e. The molecule has 33 heavy (non-hydrogen) atoms. The second-order valence-corrected chi connectivity index (χ2v) is 8.86. The van der Waals surface area contributed by atoms with Gasteiger partial charge in [0.05, 0.1) is 7.11 Å². The van der Waals surface area contributed by atoms with Crippen LogP contribution in [0.2, 0.25) is 0 Å². The van der Waals surface area contributed by atoms with Gasteiger partial charge in [-0.25, -0.2) is 4.39 Å². The molecule has 2 fully saturated rings. The third-order valence-corrected chi connectivity index (χ3v) is 6.47. The predicted octanol–water partition coefficient (Wildman–Crippen LogP) is 4.89. The van der Waals surface area contributed by atoms with Crippen LogP contribution >= 0.6 is 0 Å². The Morgan fingerprint density at radius 3 is 2.52 bits per heavy atom. The molecule has 3 N–H and O–H groups in total. The molecule has 1 saturated heterocycles. The van der Waals surface area contributed by atoms with E-state index in [2.05, 4.69) is 37.8 Å². The van der Waals surface area contributed by atoms with E-state index in [1.165, 1.54) is 51.3 Å². The first kappa shape index (κ1) is 23.5. The maximum absolute atomic E-state index is 14.2. The van der Waals surface area contributed by atoms with Gasteiger partial charge in [-0.2, -0.15) is 15.0 Å². The van der Waals surface area contributed by atoms with E-state index >= 15 is 0 Å². The summed E-state index contributed by atoms with van der Waals surface area (Å²) >= 11 is 0. The fourth-order valence-electron chi connectivity index (χ4n) is 4.66. The van der Waals surface area contributed by atoms with E-state index in [0.29, 0.717) is 29.7 Å². The highest BCUT2D eigenvalue weighted by molar-refractivity contribution is 5.40. The summed E-state index contributed by atoms with van der Waals surface area (Å²) in [6.07, 6.45) is 10.4. The molecule has 0 spiro atoms. The zero-order valence-corrected chi connectivity index (χ0v) is 19.6. The maximum atomic E-state index is 14.2. The molecule has 1 aromatic carbocycles. The molecule has 9 heteroatoms. The Hall–Kier alpha value is -2.68. The molecule has 1 aliphatic heterocycles. The van der Waals surface area contributed by atoms with Gasteiger partial charge in [0, 0.05) is 24.2 Å². The van der Waals surface area contributed by atoms with Gasteiger partial charge in [-0.1, -0.05) is 32.6 Å². The van der Waals surface area contributed by atoms with Crippen molar-refractivity contribution < 1.29 is 13.9 Å². The number of hydrogen-bond acceptors (Lipinski definition) is 8. The van der Waals surface area contributed by atoms with Crippen molar-refractivity contribution >= 4 is 11.9 Å². The lowest BCUT2D eigenvalue weighted by molar-refractivity contribution is 0.381. The molecule has 2 aliphatic rings. The van der Waals surface area contributed by atoms with E-state index in [9.17, 15) is 4.39 Å². The molecule has 2 atom stereocenters. The van der Waals surface area contributed by atoms with Gasteiger partial charge in [0.25, 0.3) is 0 Å². The molecule has 4 rings (SSSR count). The van der Waals surface area contributed by atoms with Crippen molar-refractivity contribution in [3.63, 3.8) is 0 Å². The lowest BCUT2D eigenvalue weighted by Crippen LogP contribution is -2.40. The Morgan fingerprint density at radius 1 is 1.06 bits per heavy atom. The number of halogens is 1. The van der Waals surface area contributed by atoms with Gasteiger partial charge >= 0.3 is 6.01 Å². The first-order valence-corrected chi connectivity index (χ1v) is 12.2. The number of methoxy groups -OCH3 is 1. The van der Waals surface area contributed by atoms with Crippen LogP contribution in [0.3, 0.4) is 0 Å². The van der Waals surface area contributed by atoms with E-state index in [-0.39, 0.29) is 17.8 Å². The number of anilines is 2. The third-order valence-electron chi connectivity index (χ3n) is 6.47. The molecule has 1 saturated carbocycles. The van der Waals surface area contributed by atoms with Gasteiger partial charge in [-0.05, 0) is 50.8 Å². The van der Waals surface area contributed by atoms with E-state index in [4.69, 9.17) is 9.47 Å². The molecule has 1 aliphatic carbocycles. The highest BCUT2D eigenvalue weighted by Gasteiger charge is 2.24. The number of benzene rings is 1. The van der Waals surface area contributed by atoms with E-state index in [1.807, 2.05) is 0 Å². The van der Waals surface area contributed by atoms with E-state index < -0.39 is 5.82 Å². The molecule has 180 valence electrons. The van der Waals surface area contributed by atoms with Crippen molar-refractivity contribution in [2.24, 2.45) is 0 Å². The largest absolute Gasteiger partial charge is 0.494 e. The molecule has 0 amide bonds. The van der Waals surface area contributed by atoms with Gasteiger partial charge in [-0.15, -0.1) is 0 Å². The van der Waals surface area contributed by atoms with Crippen molar-refractivity contribution in [2.75, 3.05) is 24.3 Å². The van der Waals surface area contributed by atoms with Crippen LogP contribution < -0.4 is 25.4 Å². The standard InChI is InChI=1S/C24H35FN6O2/c1-3-19(20-11-8-14-26-20)28-23-29-22(27-16-9-6-4-5-7-10-16)30-24(31-23)33-17-12-13-21(32-2)18(25)15-17/h12-13,15-16,19-20,26H,3-11,14H2,1-2H3,(H2,27,28,29,30,31). The first-order chi connectivity index (χ1) is 16.1. The summed E-state index contributed by atoms with van der Waals surface area (Å²) in [7, 11) is 1.43. The molecule has 2 unspecified atom stereocenters. The van der Waals surface area contributed by atoms with Crippen molar-refractivity contribution in [1.29, 1.82) is 0 Å². The first-order valence-electron chi connectivity index (χ1n) is 12.2. The van der Waals surface area contributed by atoms with Crippen molar-refractivity contribution in [1.82, 2.24) is 20.3 Å². The number of nitrogens with zero attached hydrogens (tertiary/aromatic N) is 3. The quantitative estimate of drug-likeness (QED) is 0.458. The second kappa shape index (κ2) is 11.4. The van der Waals surface area contributed by atoms with Gasteiger partial charge in [-0.3, -0.25) is 0 Å². The molecule has 0 bridgehead atoms. The Kier molecular flexibility index (Phi) is 8.15. The van der Waals surface area contributed by atoms with Gasteiger partial charge in [0.1, 0.15) is 5.75 Å². The molecule has 8 nitrogen and oxygen atoms in total. The minimum atomic E-state index is -0.502. The van der Waals surface area contributed by atoms with Crippen LogP contribution in [0.15, 0.2) is 18.2 Å². The summed E-state index contributed by atoms with van der Waals surface area (Å²) in [5.41, 5.74) is 0. The molecular formula is C24H35FN6O2. The summed E-state index contributed by atoms with van der Waals surface area (Å²) in [5, 5.41) is 10.5. The fraction of sp³-hybridized carbons (Fsp3) is 0.625. The van der Waals surface area contributed by atoms with Crippen LogP contribution in [-0.2, 0) is 0 Å². The summed E-state index contributed by atoms with van der Waals surface area (Å²) in [6.45, 7) is 3.19. The number of rotatable bonds is 9. The van der Waals surface area contributed by atoms with Crippen LogP contribution in [0, 0.1) is 5.82 Å². The van der Waals surface area contributed by atoms with Crippen molar-refractivity contribution in [3.05, 3.63) is 24.0 Å². The van der Waals surface area contributed by atoms with Crippen LogP contribution in [0.4, 0.5) is 16.3 Å². The zero-order chi connectivity index (χ0) is 23.0. The average molecular weight is 459 g/mol. The summed E-state index contributed by atoms with van der Waals surface area (Å²) in [5.74, 6) is 0.905. The molecule has 0 radical (unpaired) electrons. The Bertz CT molecular complexity index is 901. The van der Waals surface area contributed by atoms with Gasteiger partial charge in [0.2, 0.25) is 11.9 Å². The Balaban J connectivity index is 1.56. The number of nitrogens with one attached hydrogen (secondary N) is 3. The topological polar surface area (TPSA) is 93.2 Å². The van der Waals surface area contributed by atoms with Gasteiger partial charge in [0.15, 0.2) is 11.6 Å². The molecule has 1 aromatic heterocycles. The molecular weight excluding hydrogens is 423 g/mol. The normalized spacial score (nSPS) is 20.2. The summed E-state index contributed by atoms with van der Waals surface area (Å²) < 4.78 is 25.0. The monoisotopic (exact) mass is 458 g/mol. The average Bonchev–Trinajstić information content (AvgIpc) is 3.22. The number of hydrogen-bond donors (Lipinski definition) is 3. The number of ether oxygens (including phenoxy) is 2. The Labute approximate surface area is 195 Å². The fourth-order valence-corrected chi connectivity index (χ4v) is 4.66. The number of aromatic nitrogens is 3. The molecule has 2 heterocycles. The van der Waals surface area contributed by atoms with Crippen molar-refractivity contribution in [3.8, 4) is 17.5 Å². The van der Waals surface area contributed by atoms with Crippen LogP contribution in [-0.4, -0.2) is 46.7 Å². The van der Waals surface area contributed by atoms with Crippen LogP contribution in [0.25, 0.3) is 0 Å². The highest BCUT2D eigenvalue weighted by atomic mass is 19.1. The lowest BCUT2D eigenvalue weighted by atomic mass is 10.0. The minimum Gasteiger partial charge on any atom is -0.494 e. The van der Waals surface area contributed by atoms with Crippen LogP contribution in [0.5, 0.6) is 17.5 Å². The SMILES string of the molecule is CCC(Nc1nc(NC2CCCCCC2)nc(Oc2ccc(OC)c(F)c2)n1)C1CCCN1. The lowest BCUT2D eigenvalue weighted by Gasteiger charge is -2.24. The van der Waals surface area contributed by atoms with Crippen LogP contribution in [0.1, 0.15) is 64.7 Å². The van der Waals surface area contributed by atoms with Gasteiger partial charge < -0.3 is 25.4 Å². The van der Waals surface area contributed by atoms with Crippen molar-refractivity contribution in [2.45, 2.75) is 82.8 Å². The Morgan fingerprint density at radius 2 is 1.85 bits per heavy atom. The van der Waals surface area contributed by atoms with E-state index in [1.54, 1.807) is 6.07 Å². The minimum absolute atomic E-state index is 0.127. The maximum Gasteiger partial charge on any atom is 0.328 e. The summed E-state index contributed by atoms with van der Waals surface area (Å²) in [4.78, 5) is 13.6. The third kappa shape index (κ3) is 6.43. The van der Waals surface area contributed by atoms with E-state index in [0.717, 1.165) is 32.2 Å². The molecule has 2 aromatic rings.